The van der Waals surface area contributed by atoms with Crippen LogP contribution in [0.4, 0.5) is 5.69 Å². The quantitative estimate of drug-likeness (QED) is 0.609. The smallest absolute Gasteiger partial charge is 0.317 e. The molecule has 1 aromatic heterocycles. The molecule has 8 heteroatoms. The van der Waals surface area contributed by atoms with Gasteiger partial charge in [-0.3, -0.25) is 9.59 Å². The molecule has 2 aromatic carbocycles. The van der Waals surface area contributed by atoms with Crippen molar-refractivity contribution >= 4 is 29.1 Å². The third-order valence-corrected chi connectivity index (χ3v) is 5.91. The lowest BCUT2D eigenvalue weighted by Crippen LogP contribution is -2.74. The van der Waals surface area contributed by atoms with Crippen molar-refractivity contribution in [2.45, 2.75) is 11.6 Å². The van der Waals surface area contributed by atoms with E-state index in [9.17, 15) is 9.59 Å². The zero-order valence-electron chi connectivity index (χ0n) is 16.0. The monoisotopic (exact) mass is 420 g/mol. The van der Waals surface area contributed by atoms with Crippen molar-refractivity contribution in [3.05, 3.63) is 83.1 Å². The maximum atomic E-state index is 13.2. The predicted octanol–water partition coefficient (Wildman–Crippen LogP) is 2.64. The molecule has 1 saturated heterocycles. The summed E-state index contributed by atoms with van der Waals surface area (Å²) >= 11 is 6.37. The van der Waals surface area contributed by atoms with Gasteiger partial charge in [0.25, 0.3) is 5.91 Å². The normalized spacial score (nSPS) is 22.7. The zero-order valence-corrected chi connectivity index (χ0v) is 16.8. The average Bonchev–Trinajstić information content (AvgIpc) is 2.86. The number of rotatable bonds is 3. The summed E-state index contributed by atoms with van der Waals surface area (Å²) in [5.74, 6) is -0.500. The molecule has 3 aromatic rings. The van der Waals surface area contributed by atoms with Crippen LogP contribution >= 0.6 is 11.6 Å². The number of anilines is 1. The van der Waals surface area contributed by atoms with E-state index < -0.39 is 11.6 Å². The summed E-state index contributed by atoms with van der Waals surface area (Å²) in [4.78, 5) is 37.4. The molecular weight excluding hydrogens is 404 g/mol. The molecule has 2 amide bonds. The Bertz CT molecular complexity index is 1140. The van der Waals surface area contributed by atoms with Gasteiger partial charge < -0.3 is 14.5 Å². The summed E-state index contributed by atoms with van der Waals surface area (Å²) in [6, 6.07) is 16.6. The van der Waals surface area contributed by atoms with Gasteiger partial charge in [-0.15, -0.1) is 0 Å². The number of aromatic nitrogens is 2. The van der Waals surface area contributed by atoms with Crippen LogP contribution < -0.4 is 9.64 Å². The summed E-state index contributed by atoms with van der Waals surface area (Å²) in [5, 5.41) is 0.501. The Labute approximate surface area is 177 Å². The second-order valence-electron chi connectivity index (χ2n) is 7.20. The van der Waals surface area contributed by atoms with Crippen LogP contribution in [0.3, 0.4) is 0 Å². The first-order chi connectivity index (χ1) is 14.5. The van der Waals surface area contributed by atoms with Crippen molar-refractivity contribution in [3.63, 3.8) is 0 Å². The second-order valence-corrected chi connectivity index (χ2v) is 7.64. The Kier molecular flexibility index (Phi) is 4.22. The highest BCUT2D eigenvalue weighted by Crippen LogP contribution is 2.53. The Morgan fingerprint density at radius 3 is 2.53 bits per heavy atom. The van der Waals surface area contributed by atoms with Crippen molar-refractivity contribution in [3.8, 4) is 6.01 Å². The molecule has 0 spiro atoms. The fourth-order valence-corrected chi connectivity index (χ4v) is 4.45. The largest absolute Gasteiger partial charge is 0.447 e. The van der Waals surface area contributed by atoms with Crippen LogP contribution in [0, 0.1) is 0 Å². The highest BCUT2D eigenvalue weighted by atomic mass is 35.5. The van der Waals surface area contributed by atoms with Gasteiger partial charge in [0.2, 0.25) is 12.0 Å². The lowest BCUT2D eigenvalue weighted by Gasteiger charge is -2.55. The van der Waals surface area contributed by atoms with E-state index in [0.717, 1.165) is 11.1 Å². The number of halogens is 1. The van der Waals surface area contributed by atoms with Gasteiger partial charge in [-0.2, -0.15) is 0 Å². The number of ether oxygens (including phenoxy) is 1. The lowest BCUT2D eigenvalue weighted by molar-refractivity contribution is -0.178. The minimum Gasteiger partial charge on any atom is -0.447 e. The Morgan fingerprint density at radius 1 is 1.07 bits per heavy atom. The Balaban J connectivity index is 1.78. The van der Waals surface area contributed by atoms with Gasteiger partial charge in [-0.1, -0.05) is 41.9 Å². The molecule has 2 aliphatic heterocycles. The molecule has 5 rings (SSSR count). The summed E-state index contributed by atoms with van der Waals surface area (Å²) in [6.45, 7) is -0.0773. The van der Waals surface area contributed by atoms with Crippen molar-refractivity contribution < 1.29 is 14.3 Å². The number of benzene rings is 2. The molecule has 30 heavy (non-hydrogen) atoms. The van der Waals surface area contributed by atoms with Crippen LogP contribution in [0.5, 0.6) is 6.01 Å². The maximum absolute atomic E-state index is 13.2. The van der Waals surface area contributed by atoms with Crippen LogP contribution in [-0.4, -0.2) is 46.4 Å². The summed E-state index contributed by atoms with van der Waals surface area (Å²) in [5.41, 5.74) is 1.16. The first-order valence-corrected chi connectivity index (χ1v) is 9.78. The summed E-state index contributed by atoms with van der Waals surface area (Å²) in [6.07, 6.45) is 2.15. The van der Waals surface area contributed by atoms with Gasteiger partial charge in [0.1, 0.15) is 12.1 Å². The van der Waals surface area contributed by atoms with Crippen LogP contribution in [-0.2, 0) is 15.1 Å². The molecule has 2 aliphatic rings. The van der Waals surface area contributed by atoms with Crippen molar-refractivity contribution in [2.24, 2.45) is 0 Å². The molecule has 2 unspecified atom stereocenters. The van der Waals surface area contributed by atoms with E-state index in [0.29, 0.717) is 10.7 Å². The molecule has 0 saturated carbocycles. The van der Waals surface area contributed by atoms with E-state index in [4.69, 9.17) is 16.3 Å². The number of carbonyl (C=O) groups excluding carboxylic acids is 2. The fraction of sp³-hybridized carbons (Fsp3) is 0.182. The van der Waals surface area contributed by atoms with E-state index in [1.165, 1.54) is 0 Å². The minimum absolute atomic E-state index is 0.0773. The maximum Gasteiger partial charge on any atom is 0.317 e. The van der Waals surface area contributed by atoms with Crippen molar-refractivity contribution in [1.82, 2.24) is 14.9 Å². The van der Waals surface area contributed by atoms with Crippen molar-refractivity contribution in [2.75, 3.05) is 18.5 Å². The van der Waals surface area contributed by atoms with Crippen LogP contribution in [0.15, 0.2) is 67.0 Å². The SMILES string of the molecule is CN1C(=O)CN2C(=O)C(Oc3ncccn3)C2(c2ccccc2)c2cc(Cl)ccc21. The second kappa shape index (κ2) is 6.81. The molecule has 0 aliphatic carbocycles. The third-order valence-electron chi connectivity index (χ3n) is 5.67. The number of carbonyl (C=O) groups is 2. The van der Waals surface area contributed by atoms with E-state index >= 15 is 0 Å². The highest BCUT2D eigenvalue weighted by molar-refractivity contribution is 6.30. The summed E-state index contributed by atoms with van der Waals surface area (Å²) in [7, 11) is 1.69. The van der Waals surface area contributed by atoms with Gasteiger partial charge in [0, 0.05) is 35.7 Å². The number of nitrogens with zero attached hydrogens (tertiary/aromatic N) is 4. The number of fused-ring (bicyclic) bond motifs is 3. The zero-order chi connectivity index (χ0) is 20.9. The van der Waals surface area contributed by atoms with Gasteiger partial charge in [-0.25, -0.2) is 9.97 Å². The average molecular weight is 421 g/mol. The Hall–Kier alpha value is -3.45. The fourth-order valence-electron chi connectivity index (χ4n) is 4.28. The third kappa shape index (κ3) is 2.52. The van der Waals surface area contributed by atoms with Crippen LogP contribution in [0.2, 0.25) is 5.02 Å². The Morgan fingerprint density at radius 2 is 1.80 bits per heavy atom. The lowest BCUT2D eigenvalue weighted by atomic mass is 9.69. The van der Waals surface area contributed by atoms with E-state index in [1.54, 1.807) is 53.5 Å². The number of hydrogen-bond acceptors (Lipinski definition) is 5. The van der Waals surface area contributed by atoms with Gasteiger partial charge in [0.15, 0.2) is 0 Å². The van der Waals surface area contributed by atoms with Gasteiger partial charge in [-0.05, 0) is 29.8 Å². The highest BCUT2D eigenvalue weighted by Gasteiger charge is 2.66. The van der Waals surface area contributed by atoms with E-state index in [2.05, 4.69) is 9.97 Å². The summed E-state index contributed by atoms with van der Waals surface area (Å²) < 4.78 is 6.03. The number of β-lactam (4-membered cyclic amide) rings is 1. The first kappa shape index (κ1) is 18.6. The van der Waals surface area contributed by atoms with Crippen LogP contribution in [0.1, 0.15) is 11.1 Å². The number of hydrogen-bond donors (Lipinski definition) is 0. The van der Waals surface area contributed by atoms with Crippen molar-refractivity contribution in [1.29, 1.82) is 0 Å². The minimum atomic E-state index is -1.04. The molecule has 0 N–H and O–H groups in total. The molecule has 0 radical (unpaired) electrons. The molecular formula is C22H17ClN4O3. The number of amides is 2. The standard InChI is InChI=1S/C22H17ClN4O3/c1-26-17-9-8-15(23)12-16(17)22(14-6-3-2-4-7-14)19(20(29)27(22)13-18(26)28)30-21-24-10-5-11-25-21/h2-12,19H,13H2,1H3. The molecule has 150 valence electrons. The van der Waals surface area contributed by atoms with Gasteiger partial charge in [0.05, 0.1) is 0 Å². The topological polar surface area (TPSA) is 75.6 Å². The van der Waals surface area contributed by atoms with E-state index in [-0.39, 0.29) is 24.4 Å². The molecule has 3 heterocycles. The molecule has 2 atom stereocenters. The first-order valence-electron chi connectivity index (χ1n) is 9.40. The molecule has 0 bridgehead atoms. The predicted molar refractivity (Wildman–Crippen MR) is 110 cm³/mol. The number of likely N-dealkylation sites (N-methyl/N-ethyl adjacent to an activating group) is 1. The van der Waals surface area contributed by atoms with Gasteiger partial charge >= 0.3 is 6.01 Å². The molecule has 7 nitrogen and oxygen atoms in total. The molecule has 1 fully saturated rings. The van der Waals surface area contributed by atoms with E-state index in [1.807, 2.05) is 30.3 Å². The van der Waals surface area contributed by atoms with Crippen LogP contribution in [0.25, 0.3) is 0 Å².